The van der Waals surface area contributed by atoms with Crippen LogP contribution in [-0.4, -0.2) is 12.6 Å². The topological polar surface area (TPSA) is 34.1 Å². The van der Waals surface area contributed by atoms with Gasteiger partial charge < -0.3 is 0 Å². The van der Waals surface area contributed by atoms with Crippen LogP contribution in [0.15, 0.2) is 72.8 Å². The lowest BCUT2D eigenvalue weighted by molar-refractivity contribution is 0.111. The molecule has 0 aliphatic carbocycles. The van der Waals surface area contributed by atoms with E-state index in [-0.39, 0.29) is 0 Å². The van der Waals surface area contributed by atoms with Crippen LogP contribution >= 0.6 is 22.7 Å². The van der Waals surface area contributed by atoms with Gasteiger partial charge in [-0.2, -0.15) is 0 Å². The fourth-order valence-corrected chi connectivity index (χ4v) is 4.82. The minimum atomic E-state index is 0.689. The number of carbonyl (C=O) groups excluding carboxylic acids is 2. The van der Waals surface area contributed by atoms with Crippen LogP contribution in [0.5, 0.6) is 0 Å². The van der Waals surface area contributed by atoms with Crippen LogP contribution in [0.2, 0.25) is 0 Å². The molecule has 0 aliphatic rings. The highest BCUT2D eigenvalue weighted by Gasteiger charge is 2.09. The molecule has 2 aromatic carbocycles. The van der Waals surface area contributed by atoms with Crippen LogP contribution in [-0.2, 0) is 0 Å². The van der Waals surface area contributed by atoms with Gasteiger partial charge in [-0.1, -0.05) is 48.5 Å². The van der Waals surface area contributed by atoms with Gasteiger partial charge in [0.15, 0.2) is 0 Å². The van der Waals surface area contributed by atoms with E-state index in [1.54, 1.807) is 22.7 Å². The van der Waals surface area contributed by atoms with Crippen molar-refractivity contribution in [3.63, 3.8) is 0 Å². The highest BCUT2D eigenvalue weighted by Crippen LogP contribution is 2.40. The number of hydrogen-bond acceptors (Lipinski definition) is 4. The lowest BCUT2D eigenvalue weighted by Crippen LogP contribution is -1.78. The van der Waals surface area contributed by atoms with Gasteiger partial charge in [-0.15, -0.1) is 22.7 Å². The summed E-state index contributed by atoms with van der Waals surface area (Å²) in [6, 6.07) is 23.8. The van der Waals surface area contributed by atoms with Gasteiger partial charge >= 0.3 is 0 Å². The molecule has 4 aromatic rings. The average molecular weight is 374 g/mol. The molecule has 2 nitrogen and oxygen atoms in total. The molecule has 0 unspecified atom stereocenters. The molecule has 4 rings (SSSR count). The van der Waals surface area contributed by atoms with Gasteiger partial charge in [0.2, 0.25) is 0 Å². The molecule has 0 spiro atoms. The summed E-state index contributed by atoms with van der Waals surface area (Å²) in [4.78, 5) is 26.4. The molecule has 0 atom stereocenters. The van der Waals surface area contributed by atoms with Crippen molar-refractivity contribution in [1.29, 1.82) is 0 Å². The number of rotatable bonds is 5. The summed E-state index contributed by atoms with van der Waals surface area (Å²) in [6.07, 6.45) is 1.72. The first kappa shape index (κ1) is 16.6. The first-order chi connectivity index (χ1) is 12.8. The van der Waals surface area contributed by atoms with Crippen LogP contribution < -0.4 is 0 Å². The SMILES string of the molecule is O=Cc1ccc(-c2ccc(-c3ccc(-c4ccc(C=O)cc4)s3)s2)cc1. The number of hydrogen-bond donors (Lipinski definition) is 0. The molecule has 0 radical (unpaired) electrons. The van der Waals surface area contributed by atoms with Crippen molar-refractivity contribution in [2.75, 3.05) is 0 Å². The van der Waals surface area contributed by atoms with Gasteiger partial charge in [0, 0.05) is 30.6 Å². The standard InChI is InChI=1S/C22H14O2S2/c23-13-15-1-5-17(6-2-15)19-9-11-21(25-19)22-12-10-20(26-22)18-7-3-16(14-24)4-8-18/h1-14H. The number of aldehydes is 2. The second kappa shape index (κ2) is 7.20. The second-order valence-electron chi connectivity index (χ2n) is 5.81. The summed E-state index contributed by atoms with van der Waals surface area (Å²) >= 11 is 3.49. The Hall–Kier alpha value is -2.82. The van der Waals surface area contributed by atoms with Crippen molar-refractivity contribution in [2.24, 2.45) is 0 Å². The predicted molar refractivity (Wildman–Crippen MR) is 109 cm³/mol. The fraction of sp³-hybridized carbons (Fsp3) is 0. The van der Waals surface area contributed by atoms with Gasteiger partial charge in [0.25, 0.3) is 0 Å². The molecular formula is C22H14O2S2. The van der Waals surface area contributed by atoms with E-state index in [4.69, 9.17) is 0 Å². The van der Waals surface area contributed by atoms with Gasteiger partial charge in [0.05, 0.1) is 0 Å². The molecule has 0 N–H and O–H groups in total. The van der Waals surface area contributed by atoms with E-state index in [1.807, 2.05) is 48.5 Å². The summed E-state index contributed by atoms with van der Waals surface area (Å²) in [5, 5.41) is 0. The number of carbonyl (C=O) groups is 2. The van der Waals surface area contributed by atoms with E-state index in [0.717, 1.165) is 23.7 Å². The molecular weight excluding hydrogens is 360 g/mol. The Morgan fingerprint density at radius 1 is 0.462 bits per heavy atom. The Bertz CT molecular complexity index is 966. The van der Waals surface area contributed by atoms with E-state index in [2.05, 4.69) is 24.3 Å². The third-order valence-electron chi connectivity index (χ3n) is 4.12. The molecule has 0 fully saturated rings. The maximum absolute atomic E-state index is 10.8. The molecule has 2 aromatic heterocycles. The van der Waals surface area contributed by atoms with Crippen molar-refractivity contribution in [1.82, 2.24) is 0 Å². The molecule has 0 saturated carbocycles. The number of benzene rings is 2. The Labute approximate surface area is 159 Å². The van der Waals surface area contributed by atoms with Gasteiger partial charge in [0.1, 0.15) is 12.6 Å². The minimum absolute atomic E-state index is 0.689. The zero-order valence-corrected chi connectivity index (χ0v) is 15.3. The molecule has 0 saturated heterocycles. The molecule has 126 valence electrons. The van der Waals surface area contributed by atoms with Gasteiger partial charge in [-0.25, -0.2) is 0 Å². The van der Waals surface area contributed by atoms with E-state index < -0.39 is 0 Å². The van der Waals surface area contributed by atoms with Crippen LogP contribution in [0, 0.1) is 0 Å². The average Bonchev–Trinajstić information content (AvgIpc) is 3.38. The second-order valence-corrected chi connectivity index (χ2v) is 7.98. The first-order valence-electron chi connectivity index (χ1n) is 8.08. The van der Waals surface area contributed by atoms with Crippen LogP contribution in [0.3, 0.4) is 0 Å². The summed E-state index contributed by atoms with van der Waals surface area (Å²) in [7, 11) is 0. The Kier molecular flexibility index (Phi) is 4.61. The predicted octanol–water partition coefficient (Wildman–Crippen LogP) is 6.44. The van der Waals surface area contributed by atoms with E-state index in [1.165, 1.54) is 19.5 Å². The lowest BCUT2D eigenvalue weighted by Gasteiger charge is -1.98. The fourth-order valence-electron chi connectivity index (χ4n) is 2.70. The van der Waals surface area contributed by atoms with E-state index >= 15 is 0 Å². The van der Waals surface area contributed by atoms with E-state index in [9.17, 15) is 9.59 Å². The first-order valence-corrected chi connectivity index (χ1v) is 9.71. The zero-order chi connectivity index (χ0) is 17.9. The Morgan fingerprint density at radius 2 is 0.808 bits per heavy atom. The zero-order valence-electron chi connectivity index (χ0n) is 13.7. The highest BCUT2D eigenvalue weighted by molar-refractivity contribution is 7.25. The monoisotopic (exact) mass is 374 g/mol. The van der Waals surface area contributed by atoms with Crippen molar-refractivity contribution >= 4 is 35.2 Å². The summed E-state index contributed by atoms with van der Waals surface area (Å²) in [5.74, 6) is 0. The third kappa shape index (κ3) is 3.29. The molecule has 0 amide bonds. The maximum atomic E-state index is 10.8. The quantitative estimate of drug-likeness (QED) is 0.377. The Balaban J connectivity index is 1.60. The van der Waals surface area contributed by atoms with E-state index in [0.29, 0.717) is 11.1 Å². The minimum Gasteiger partial charge on any atom is -0.298 e. The lowest BCUT2D eigenvalue weighted by atomic mass is 10.1. The highest BCUT2D eigenvalue weighted by atomic mass is 32.1. The normalized spacial score (nSPS) is 10.6. The molecule has 2 heterocycles. The summed E-state index contributed by atoms with van der Waals surface area (Å²) < 4.78 is 0. The van der Waals surface area contributed by atoms with Crippen LogP contribution in [0.1, 0.15) is 20.7 Å². The van der Waals surface area contributed by atoms with Crippen LogP contribution in [0.4, 0.5) is 0 Å². The van der Waals surface area contributed by atoms with Crippen molar-refractivity contribution in [2.45, 2.75) is 0 Å². The number of thiophene rings is 2. The van der Waals surface area contributed by atoms with Crippen molar-refractivity contribution in [3.8, 4) is 30.6 Å². The smallest absolute Gasteiger partial charge is 0.150 e. The maximum Gasteiger partial charge on any atom is 0.150 e. The Morgan fingerprint density at radius 3 is 1.15 bits per heavy atom. The van der Waals surface area contributed by atoms with Gasteiger partial charge in [-0.3, -0.25) is 9.59 Å². The molecule has 0 bridgehead atoms. The molecule has 26 heavy (non-hydrogen) atoms. The van der Waals surface area contributed by atoms with Crippen LogP contribution in [0.25, 0.3) is 30.6 Å². The molecule has 4 heteroatoms. The van der Waals surface area contributed by atoms with Gasteiger partial charge in [-0.05, 0) is 35.4 Å². The summed E-state index contributed by atoms with van der Waals surface area (Å²) in [5.41, 5.74) is 3.62. The molecule has 0 aliphatic heterocycles. The largest absolute Gasteiger partial charge is 0.298 e. The van der Waals surface area contributed by atoms with Crippen molar-refractivity contribution < 1.29 is 9.59 Å². The van der Waals surface area contributed by atoms with Crippen molar-refractivity contribution in [3.05, 3.63) is 83.9 Å². The third-order valence-corrected chi connectivity index (χ3v) is 6.58. The summed E-state index contributed by atoms with van der Waals surface area (Å²) in [6.45, 7) is 0.